The average Bonchev–Trinajstić information content (AvgIpc) is 2.87. The van der Waals surface area contributed by atoms with Gasteiger partial charge in [-0.3, -0.25) is 0 Å². The number of anilines is 2. The fraction of sp³-hybridized carbons (Fsp3) is 0.286. The lowest BCUT2D eigenvalue weighted by Crippen LogP contribution is -2.10. The van der Waals surface area contributed by atoms with Crippen LogP contribution >= 0.6 is 11.3 Å². The summed E-state index contributed by atoms with van der Waals surface area (Å²) in [6.45, 7) is 1.86. The van der Waals surface area contributed by atoms with Gasteiger partial charge >= 0.3 is 5.97 Å². The second kappa shape index (κ2) is 5.92. The summed E-state index contributed by atoms with van der Waals surface area (Å²) in [6, 6.07) is 7.64. The third-order valence-corrected chi connectivity index (χ3v) is 3.96. The van der Waals surface area contributed by atoms with Crippen molar-refractivity contribution >= 4 is 28.1 Å². The highest BCUT2D eigenvalue weighted by Crippen LogP contribution is 2.31. The lowest BCUT2D eigenvalue weighted by Gasteiger charge is -2.15. The number of hydrogen-bond acceptors (Lipinski definition) is 6. The number of carbonyl (C=O) groups is 1. The summed E-state index contributed by atoms with van der Waals surface area (Å²) in [4.78, 5) is 18.7. The molecule has 0 bridgehead atoms. The molecule has 0 saturated heterocycles. The largest absolute Gasteiger partial charge is 0.497 e. The zero-order valence-electron chi connectivity index (χ0n) is 11.8. The summed E-state index contributed by atoms with van der Waals surface area (Å²) >= 11 is 1.45. The number of hydrogen-bond donors (Lipinski definition) is 0. The normalized spacial score (nSPS) is 10.2. The second-order valence-electron chi connectivity index (χ2n) is 4.15. The van der Waals surface area contributed by atoms with E-state index in [0.29, 0.717) is 5.69 Å². The molecule has 2 rings (SSSR count). The SMILES string of the molecule is COC(=O)c1nc(N(C)c2ccc(OC)cc2)sc1C. The molecule has 5 nitrogen and oxygen atoms in total. The smallest absolute Gasteiger partial charge is 0.357 e. The Kier molecular flexibility index (Phi) is 4.24. The molecule has 0 aliphatic heterocycles. The fourth-order valence-corrected chi connectivity index (χ4v) is 2.61. The van der Waals surface area contributed by atoms with E-state index in [1.165, 1.54) is 18.4 Å². The molecule has 0 amide bonds. The minimum Gasteiger partial charge on any atom is -0.497 e. The lowest BCUT2D eigenvalue weighted by molar-refractivity contribution is 0.0594. The van der Waals surface area contributed by atoms with E-state index in [0.717, 1.165) is 21.4 Å². The Balaban J connectivity index is 2.28. The highest BCUT2D eigenvalue weighted by Gasteiger charge is 2.18. The van der Waals surface area contributed by atoms with Crippen LogP contribution in [-0.2, 0) is 4.74 Å². The highest BCUT2D eigenvalue weighted by molar-refractivity contribution is 7.15. The van der Waals surface area contributed by atoms with Gasteiger partial charge in [0.2, 0.25) is 0 Å². The van der Waals surface area contributed by atoms with Gasteiger partial charge < -0.3 is 14.4 Å². The van der Waals surface area contributed by atoms with Gasteiger partial charge in [0.05, 0.1) is 14.2 Å². The first-order valence-electron chi connectivity index (χ1n) is 6.00. The topological polar surface area (TPSA) is 51.7 Å². The van der Waals surface area contributed by atoms with Gasteiger partial charge in [0, 0.05) is 17.6 Å². The summed E-state index contributed by atoms with van der Waals surface area (Å²) in [7, 11) is 4.89. The number of methoxy groups -OCH3 is 2. The number of thiazole rings is 1. The predicted octanol–water partition coefficient (Wildman–Crippen LogP) is 3.01. The molecule has 0 saturated carbocycles. The van der Waals surface area contributed by atoms with Crippen LogP contribution in [0.25, 0.3) is 0 Å². The van der Waals surface area contributed by atoms with Gasteiger partial charge in [-0.05, 0) is 31.2 Å². The summed E-state index contributed by atoms with van der Waals surface area (Å²) in [5.41, 5.74) is 1.34. The Morgan fingerprint density at radius 3 is 2.45 bits per heavy atom. The van der Waals surface area contributed by atoms with Gasteiger partial charge in [0.1, 0.15) is 5.75 Å². The maximum atomic E-state index is 11.6. The van der Waals surface area contributed by atoms with E-state index in [1.54, 1.807) is 7.11 Å². The van der Waals surface area contributed by atoms with Crippen molar-refractivity contribution in [2.75, 3.05) is 26.2 Å². The zero-order valence-corrected chi connectivity index (χ0v) is 12.7. The van der Waals surface area contributed by atoms with Crippen molar-refractivity contribution in [1.29, 1.82) is 0 Å². The van der Waals surface area contributed by atoms with Crippen molar-refractivity contribution in [3.05, 3.63) is 34.8 Å². The molecule has 0 N–H and O–H groups in total. The van der Waals surface area contributed by atoms with Crippen LogP contribution in [0.2, 0.25) is 0 Å². The van der Waals surface area contributed by atoms with Crippen molar-refractivity contribution in [3.63, 3.8) is 0 Å². The quantitative estimate of drug-likeness (QED) is 0.811. The van der Waals surface area contributed by atoms with E-state index in [1.807, 2.05) is 43.1 Å². The molecule has 0 atom stereocenters. The van der Waals surface area contributed by atoms with Crippen LogP contribution < -0.4 is 9.64 Å². The molecular formula is C14H16N2O3S. The standard InChI is InChI=1S/C14H16N2O3S/c1-9-12(13(17)19-4)15-14(20-9)16(2)10-5-7-11(18-3)8-6-10/h5-8H,1-4H3. The molecule has 0 unspecified atom stereocenters. The molecule has 106 valence electrons. The predicted molar refractivity (Wildman–Crippen MR) is 79.2 cm³/mol. The number of ether oxygens (including phenoxy) is 2. The van der Waals surface area contributed by atoms with Crippen molar-refractivity contribution in [2.45, 2.75) is 6.92 Å². The number of nitrogens with zero attached hydrogens (tertiary/aromatic N) is 2. The van der Waals surface area contributed by atoms with Gasteiger partial charge in [-0.25, -0.2) is 9.78 Å². The lowest BCUT2D eigenvalue weighted by atomic mass is 10.3. The first-order valence-corrected chi connectivity index (χ1v) is 6.82. The van der Waals surface area contributed by atoms with Crippen molar-refractivity contribution < 1.29 is 14.3 Å². The van der Waals surface area contributed by atoms with Gasteiger partial charge in [-0.2, -0.15) is 0 Å². The molecule has 1 heterocycles. The van der Waals surface area contributed by atoms with Crippen LogP contribution in [0.4, 0.5) is 10.8 Å². The molecule has 20 heavy (non-hydrogen) atoms. The Labute approximate surface area is 121 Å². The molecule has 2 aromatic rings. The van der Waals surface area contributed by atoms with Crippen LogP contribution in [0.3, 0.4) is 0 Å². The van der Waals surface area contributed by atoms with Gasteiger partial charge in [0.15, 0.2) is 10.8 Å². The molecular weight excluding hydrogens is 276 g/mol. The molecule has 1 aromatic carbocycles. The number of esters is 1. The van der Waals surface area contributed by atoms with E-state index in [9.17, 15) is 4.79 Å². The molecule has 0 spiro atoms. The maximum Gasteiger partial charge on any atom is 0.357 e. The Morgan fingerprint density at radius 1 is 1.25 bits per heavy atom. The van der Waals surface area contributed by atoms with Crippen LogP contribution in [0.1, 0.15) is 15.4 Å². The molecule has 0 fully saturated rings. The first-order chi connectivity index (χ1) is 9.56. The van der Waals surface area contributed by atoms with Crippen LogP contribution in [0.5, 0.6) is 5.75 Å². The minimum atomic E-state index is -0.409. The van der Waals surface area contributed by atoms with E-state index >= 15 is 0 Å². The number of aromatic nitrogens is 1. The van der Waals surface area contributed by atoms with E-state index in [-0.39, 0.29) is 0 Å². The molecule has 0 aliphatic rings. The van der Waals surface area contributed by atoms with Crippen LogP contribution in [-0.4, -0.2) is 32.2 Å². The Morgan fingerprint density at radius 2 is 1.90 bits per heavy atom. The van der Waals surface area contributed by atoms with Crippen molar-refractivity contribution in [2.24, 2.45) is 0 Å². The molecule has 0 radical (unpaired) electrons. The average molecular weight is 292 g/mol. The second-order valence-corrected chi connectivity index (χ2v) is 5.33. The molecule has 1 aromatic heterocycles. The van der Waals surface area contributed by atoms with Crippen LogP contribution in [0.15, 0.2) is 24.3 Å². The third kappa shape index (κ3) is 2.75. The van der Waals surface area contributed by atoms with Gasteiger partial charge in [-0.15, -0.1) is 11.3 Å². The maximum absolute atomic E-state index is 11.6. The number of carbonyl (C=O) groups excluding carboxylic acids is 1. The summed E-state index contributed by atoms with van der Waals surface area (Å²) in [6.07, 6.45) is 0. The van der Waals surface area contributed by atoms with E-state index in [4.69, 9.17) is 9.47 Å². The van der Waals surface area contributed by atoms with Crippen LogP contribution in [0, 0.1) is 6.92 Å². The van der Waals surface area contributed by atoms with Gasteiger partial charge in [-0.1, -0.05) is 0 Å². The first kappa shape index (κ1) is 14.3. The number of rotatable bonds is 4. The van der Waals surface area contributed by atoms with Gasteiger partial charge in [0.25, 0.3) is 0 Å². The van der Waals surface area contributed by atoms with Crippen molar-refractivity contribution in [1.82, 2.24) is 4.98 Å². The number of benzene rings is 1. The Hall–Kier alpha value is -2.08. The number of aryl methyl sites for hydroxylation is 1. The van der Waals surface area contributed by atoms with E-state index in [2.05, 4.69) is 4.98 Å². The monoisotopic (exact) mass is 292 g/mol. The Bertz CT molecular complexity index is 607. The summed E-state index contributed by atoms with van der Waals surface area (Å²) in [5, 5.41) is 0.744. The molecule has 0 aliphatic carbocycles. The fourth-order valence-electron chi connectivity index (χ4n) is 1.73. The third-order valence-electron chi connectivity index (χ3n) is 2.91. The zero-order chi connectivity index (χ0) is 14.7. The molecule has 6 heteroatoms. The highest BCUT2D eigenvalue weighted by atomic mass is 32.1. The van der Waals surface area contributed by atoms with E-state index < -0.39 is 5.97 Å². The summed E-state index contributed by atoms with van der Waals surface area (Å²) < 4.78 is 9.85. The minimum absolute atomic E-state index is 0.368. The summed E-state index contributed by atoms with van der Waals surface area (Å²) in [5.74, 6) is 0.390. The van der Waals surface area contributed by atoms with Crippen molar-refractivity contribution in [3.8, 4) is 5.75 Å².